The molecule has 24 heavy (non-hydrogen) atoms. The molecular weight excluding hydrogens is 352 g/mol. The number of amides is 1. The van der Waals surface area contributed by atoms with E-state index >= 15 is 0 Å². The van der Waals surface area contributed by atoms with Gasteiger partial charge in [0.2, 0.25) is 0 Å². The van der Waals surface area contributed by atoms with Crippen LogP contribution in [0.25, 0.3) is 0 Å². The van der Waals surface area contributed by atoms with Crippen molar-refractivity contribution in [2.24, 2.45) is 7.05 Å². The zero-order chi connectivity index (χ0) is 17.3. The van der Waals surface area contributed by atoms with Crippen LogP contribution in [0.2, 0.25) is 10.2 Å². The van der Waals surface area contributed by atoms with Crippen LogP contribution in [0.1, 0.15) is 29.8 Å². The Bertz CT molecular complexity index is 769. The lowest BCUT2D eigenvalue weighted by molar-refractivity contribution is 0.101. The normalized spacial score (nSPS) is 14.8. The van der Waals surface area contributed by atoms with Gasteiger partial charge in [-0.3, -0.25) is 4.79 Å². The Morgan fingerprint density at radius 3 is 2.50 bits per heavy atom. The molecule has 1 saturated heterocycles. The summed E-state index contributed by atoms with van der Waals surface area (Å²) in [5.41, 5.74) is 1.60. The van der Waals surface area contributed by atoms with Crippen molar-refractivity contribution >= 4 is 40.5 Å². The first-order valence-corrected chi connectivity index (χ1v) is 8.59. The molecule has 0 aliphatic carbocycles. The summed E-state index contributed by atoms with van der Waals surface area (Å²) in [7, 11) is 1.65. The molecule has 1 aliphatic rings. The molecule has 1 aromatic carbocycles. The minimum Gasteiger partial charge on any atom is -0.370 e. The molecule has 1 aromatic heterocycles. The quantitative estimate of drug-likeness (QED) is 0.850. The van der Waals surface area contributed by atoms with E-state index in [1.165, 1.54) is 29.2 Å². The van der Waals surface area contributed by atoms with E-state index in [1.807, 2.05) is 0 Å². The molecule has 7 heteroatoms. The number of hydrogen-bond acceptors (Lipinski definition) is 2. The zero-order valence-corrected chi connectivity index (χ0v) is 14.8. The predicted octanol–water partition coefficient (Wildman–Crippen LogP) is 4.71. The lowest BCUT2D eigenvalue weighted by Gasteiger charge is -2.30. The van der Waals surface area contributed by atoms with Crippen molar-refractivity contribution in [3.63, 3.8) is 0 Å². The fourth-order valence-corrected chi connectivity index (χ4v) is 3.34. The number of nitrogens with one attached hydrogen (secondary N) is 1. The second-order valence-corrected chi connectivity index (χ2v) is 6.66. The number of carbonyl (C=O) groups is 1. The lowest BCUT2D eigenvalue weighted by atomic mass is 10.1. The standard InChI is InChI=1S/C17H18Cl2FN3O/c1-22-15(10-12(18)16(22)19)17(24)21-13-9-11(20)5-6-14(13)23-7-3-2-4-8-23/h5-6,9-10H,2-4,7-8H2,1H3,(H,21,24). The summed E-state index contributed by atoms with van der Waals surface area (Å²) in [5.74, 6) is -0.774. The number of rotatable bonds is 3. The van der Waals surface area contributed by atoms with Crippen molar-refractivity contribution in [3.8, 4) is 0 Å². The highest BCUT2D eigenvalue weighted by atomic mass is 35.5. The van der Waals surface area contributed by atoms with E-state index < -0.39 is 5.82 Å². The van der Waals surface area contributed by atoms with Crippen LogP contribution >= 0.6 is 23.2 Å². The average Bonchev–Trinajstić information content (AvgIpc) is 2.83. The Morgan fingerprint density at radius 2 is 1.88 bits per heavy atom. The van der Waals surface area contributed by atoms with Gasteiger partial charge in [-0.15, -0.1) is 0 Å². The van der Waals surface area contributed by atoms with Gasteiger partial charge in [-0.05, 0) is 43.5 Å². The van der Waals surface area contributed by atoms with Crippen LogP contribution in [0.3, 0.4) is 0 Å². The van der Waals surface area contributed by atoms with Gasteiger partial charge in [0.25, 0.3) is 5.91 Å². The Labute approximate surface area is 150 Å². The van der Waals surface area contributed by atoms with Crippen LogP contribution < -0.4 is 10.2 Å². The van der Waals surface area contributed by atoms with Crippen LogP contribution in [0.15, 0.2) is 24.3 Å². The van der Waals surface area contributed by atoms with Crippen molar-refractivity contribution < 1.29 is 9.18 Å². The molecule has 3 rings (SSSR count). The number of anilines is 2. The Hall–Kier alpha value is -1.72. The largest absolute Gasteiger partial charge is 0.370 e. The molecule has 0 spiro atoms. The lowest BCUT2D eigenvalue weighted by Crippen LogP contribution is -2.30. The number of carbonyl (C=O) groups excluding carboxylic acids is 1. The summed E-state index contributed by atoms with van der Waals surface area (Å²) < 4.78 is 15.2. The summed E-state index contributed by atoms with van der Waals surface area (Å²) >= 11 is 12.0. The first-order valence-electron chi connectivity index (χ1n) is 7.84. The van der Waals surface area contributed by atoms with Crippen molar-refractivity contribution in [1.82, 2.24) is 4.57 Å². The van der Waals surface area contributed by atoms with E-state index in [9.17, 15) is 9.18 Å². The summed E-state index contributed by atoms with van der Waals surface area (Å²) in [4.78, 5) is 14.7. The molecule has 0 unspecified atom stereocenters. The molecule has 0 saturated carbocycles. The Balaban J connectivity index is 1.89. The molecule has 0 bridgehead atoms. The molecule has 128 valence electrons. The molecule has 2 heterocycles. The van der Waals surface area contributed by atoms with Gasteiger partial charge in [0.05, 0.1) is 16.4 Å². The minimum absolute atomic E-state index is 0.289. The van der Waals surface area contributed by atoms with E-state index in [1.54, 1.807) is 13.1 Å². The van der Waals surface area contributed by atoms with Gasteiger partial charge in [-0.25, -0.2) is 4.39 Å². The average molecular weight is 370 g/mol. The summed E-state index contributed by atoms with van der Waals surface area (Å²) in [6, 6.07) is 5.96. The molecule has 2 aromatic rings. The second kappa shape index (κ2) is 7.03. The monoisotopic (exact) mass is 369 g/mol. The van der Waals surface area contributed by atoms with Gasteiger partial charge < -0.3 is 14.8 Å². The number of nitrogens with zero attached hydrogens (tertiary/aromatic N) is 2. The van der Waals surface area contributed by atoms with E-state index in [0.717, 1.165) is 31.6 Å². The highest BCUT2D eigenvalue weighted by Crippen LogP contribution is 2.31. The molecule has 1 amide bonds. The van der Waals surface area contributed by atoms with Crippen LogP contribution in [0, 0.1) is 5.82 Å². The smallest absolute Gasteiger partial charge is 0.272 e. The van der Waals surface area contributed by atoms with E-state index in [-0.39, 0.29) is 11.1 Å². The second-order valence-electron chi connectivity index (χ2n) is 5.89. The Morgan fingerprint density at radius 1 is 1.17 bits per heavy atom. The molecule has 1 N–H and O–H groups in total. The van der Waals surface area contributed by atoms with Gasteiger partial charge in [0, 0.05) is 20.1 Å². The molecule has 4 nitrogen and oxygen atoms in total. The van der Waals surface area contributed by atoms with Crippen LogP contribution in [0.5, 0.6) is 0 Å². The maximum atomic E-state index is 13.7. The number of aromatic nitrogens is 1. The molecule has 0 atom stereocenters. The van der Waals surface area contributed by atoms with Crippen molar-refractivity contribution in [2.75, 3.05) is 23.3 Å². The van der Waals surface area contributed by atoms with Crippen LogP contribution in [0.4, 0.5) is 15.8 Å². The van der Waals surface area contributed by atoms with Gasteiger partial charge in [-0.1, -0.05) is 23.2 Å². The first kappa shape index (κ1) is 17.1. The summed E-state index contributed by atoms with van der Waals surface area (Å²) in [6.07, 6.45) is 3.38. The van der Waals surface area contributed by atoms with Gasteiger partial charge in [0.15, 0.2) is 0 Å². The van der Waals surface area contributed by atoms with Crippen molar-refractivity contribution in [1.29, 1.82) is 0 Å². The first-order chi connectivity index (χ1) is 11.5. The van der Waals surface area contributed by atoms with Gasteiger partial charge in [-0.2, -0.15) is 0 Å². The summed E-state index contributed by atoms with van der Waals surface area (Å²) in [5, 5.41) is 3.38. The fourth-order valence-electron chi connectivity index (χ4n) is 2.97. The van der Waals surface area contributed by atoms with Crippen molar-refractivity contribution in [2.45, 2.75) is 19.3 Å². The number of benzene rings is 1. The molecular formula is C17H18Cl2FN3O. The van der Waals surface area contributed by atoms with E-state index in [4.69, 9.17) is 23.2 Å². The van der Waals surface area contributed by atoms with Crippen molar-refractivity contribution in [3.05, 3.63) is 46.0 Å². The maximum absolute atomic E-state index is 13.7. The third-order valence-electron chi connectivity index (χ3n) is 4.25. The number of hydrogen-bond donors (Lipinski definition) is 1. The topological polar surface area (TPSA) is 37.3 Å². The fraction of sp³-hybridized carbons (Fsp3) is 0.353. The maximum Gasteiger partial charge on any atom is 0.272 e. The van der Waals surface area contributed by atoms with Gasteiger partial charge in [0.1, 0.15) is 16.7 Å². The third-order valence-corrected chi connectivity index (χ3v) is 5.09. The molecule has 1 aliphatic heterocycles. The van der Waals surface area contributed by atoms with Crippen LogP contribution in [-0.2, 0) is 7.05 Å². The Kier molecular flexibility index (Phi) is 5.01. The SMILES string of the molecule is Cn1c(C(=O)Nc2cc(F)ccc2N2CCCCC2)cc(Cl)c1Cl. The zero-order valence-electron chi connectivity index (χ0n) is 13.3. The van der Waals surface area contributed by atoms with Crippen LogP contribution in [-0.4, -0.2) is 23.6 Å². The minimum atomic E-state index is -0.394. The number of piperidine rings is 1. The molecule has 0 radical (unpaired) electrons. The highest BCUT2D eigenvalue weighted by Gasteiger charge is 2.20. The van der Waals surface area contributed by atoms with Gasteiger partial charge >= 0.3 is 0 Å². The van der Waals surface area contributed by atoms with E-state index in [0.29, 0.717) is 16.4 Å². The molecule has 1 fully saturated rings. The van der Waals surface area contributed by atoms with E-state index in [2.05, 4.69) is 10.2 Å². The predicted molar refractivity (Wildman–Crippen MR) is 95.9 cm³/mol. The third kappa shape index (κ3) is 3.37. The summed E-state index contributed by atoms with van der Waals surface area (Å²) in [6.45, 7) is 1.80. The number of halogens is 3. The highest BCUT2D eigenvalue weighted by molar-refractivity contribution is 6.42.